The number of amides is 1. The SMILES string of the molecule is CC1CCN(S(=O)(=O)c2ccc(C(=O)Nc3nnc(-c4cccc(S(C)(=O)=O)c4)o3)cc2)CC1. The van der Waals surface area contributed by atoms with Gasteiger partial charge in [-0.05, 0) is 61.2 Å². The van der Waals surface area contributed by atoms with E-state index in [4.69, 9.17) is 4.42 Å². The van der Waals surface area contributed by atoms with Crippen LogP contribution in [0.4, 0.5) is 6.01 Å². The third-order valence-corrected chi connectivity index (χ3v) is 8.67. The van der Waals surface area contributed by atoms with Crippen molar-refractivity contribution in [1.29, 1.82) is 0 Å². The molecule has 0 bridgehead atoms. The fraction of sp³-hybridized carbons (Fsp3) is 0.318. The van der Waals surface area contributed by atoms with Crippen LogP contribution in [0, 0.1) is 5.92 Å². The van der Waals surface area contributed by atoms with E-state index in [0.29, 0.717) is 24.6 Å². The number of aromatic nitrogens is 2. The molecule has 1 N–H and O–H groups in total. The monoisotopic (exact) mass is 504 g/mol. The van der Waals surface area contributed by atoms with Crippen LogP contribution >= 0.6 is 0 Å². The van der Waals surface area contributed by atoms with Gasteiger partial charge in [-0.3, -0.25) is 10.1 Å². The predicted octanol–water partition coefficient (Wildman–Crippen LogP) is 2.81. The van der Waals surface area contributed by atoms with Gasteiger partial charge in [0.2, 0.25) is 15.9 Å². The Hall–Kier alpha value is -3.09. The summed E-state index contributed by atoms with van der Waals surface area (Å²) in [4.78, 5) is 12.8. The van der Waals surface area contributed by atoms with Gasteiger partial charge in [0, 0.05) is 30.5 Å². The van der Waals surface area contributed by atoms with Crippen molar-refractivity contribution in [2.24, 2.45) is 5.92 Å². The Morgan fingerprint density at radius 1 is 1.00 bits per heavy atom. The molecule has 1 aromatic heterocycles. The normalized spacial score (nSPS) is 15.8. The Labute approximate surface area is 198 Å². The number of rotatable bonds is 6. The summed E-state index contributed by atoms with van der Waals surface area (Å²) in [5, 5.41) is 10.1. The number of benzene rings is 2. The maximum absolute atomic E-state index is 12.8. The van der Waals surface area contributed by atoms with Crippen molar-refractivity contribution in [1.82, 2.24) is 14.5 Å². The van der Waals surface area contributed by atoms with E-state index in [2.05, 4.69) is 22.4 Å². The summed E-state index contributed by atoms with van der Waals surface area (Å²) in [6.45, 7) is 3.08. The molecular weight excluding hydrogens is 480 g/mol. The highest BCUT2D eigenvalue weighted by atomic mass is 32.2. The van der Waals surface area contributed by atoms with E-state index >= 15 is 0 Å². The molecule has 3 aromatic rings. The number of carbonyl (C=O) groups is 1. The Balaban J connectivity index is 1.45. The highest BCUT2D eigenvalue weighted by molar-refractivity contribution is 7.90. The second-order valence-corrected chi connectivity index (χ2v) is 12.2. The molecular formula is C22H24N4O6S2. The van der Waals surface area contributed by atoms with Gasteiger partial charge in [-0.15, -0.1) is 5.10 Å². The van der Waals surface area contributed by atoms with Crippen LogP contribution in [0.1, 0.15) is 30.1 Å². The first-order valence-corrected chi connectivity index (χ1v) is 13.9. The number of hydrogen-bond donors (Lipinski definition) is 1. The predicted molar refractivity (Wildman–Crippen MR) is 124 cm³/mol. The smallest absolute Gasteiger partial charge is 0.322 e. The molecule has 0 spiro atoms. The molecule has 4 rings (SSSR count). The molecule has 1 saturated heterocycles. The minimum atomic E-state index is -3.61. The maximum Gasteiger partial charge on any atom is 0.322 e. The number of carbonyl (C=O) groups excluding carboxylic acids is 1. The highest BCUT2D eigenvalue weighted by Gasteiger charge is 2.28. The van der Waals surface area contributed by atoms with Crippen molar-refractivity contribution in [3.8, 4) is 11.5 Å². The minimum Gasteiger partial charge on any atom is -0.403 e. The lowest BCUT2D eigenvalue weighted by molar-refractivity contribution is 0.102. The molecule has 1 aliphatic rings. The van der Waals surface area contributed by atoms with Crippen LogP contribution in [-0.4, -0.2) is 56.6 Å². The summed E-state index contributed by atoms with van der Waals surface area (Å²) in [6, 6.07) is 11.5. The van der Waals surface area contributed by atoms with Gasteiger partial charge in [-0.1, -0.05) is 18.1 Å². The third-order valence-electron chi connectivity index (χ3n) is 5.65. The molecule has 1 amide bonds. The van der Waals surface area contributed by atoms with Gasteiger partial charge < -0.3 is 4.42 Å². The first-order valence-electron chi connectivity index (χ1n) is 10.6. The summed E-state index contributed by atoms with van der Waals surface area (Å²) < 4.78 is 56.1. The number of sulfonamides is 1. The Kier molecular flexibility index (Phi) is 6.56. The number of sulfone groups is 1. The van der Waals surface area contributed by atoms with Gasteiger partial charge in [-0.2, -0.15) is 4.31 Å². The minimum absolute atomic E-state index is 0.0399. The lowest BCUT2D eigenvalue weighted by Gasteiger charge is -2.29. The van der Waals surface area contributed by atoms with Gasteiger partial charge in [0.25, 0.3) is 5.91 Å². The largest absolute Gasteiger partial charge is 0.403 e. The van der Waals surface area contributed by atoms with Crippen LogP contribution in [0.5, 0.6) is 0 Å². The first kappa shape index (κ1) is 24.0. The lowest BCUT2D eigenvalue weighted by atomic mass is 10.0. The van der Waals surface area contributed by atoms with Gasteiger partial charge >= 0.3 is 6.01 Å². The Bertz CT molecular complexity index is 1410. The fourth-order valence-corrected chi connectivity index (χ4v) is 5.71. The van der Waals surface area contributed by atoms with E-state index in [1.807, 2.05) is 0 Å². The Morgan fingerprint density at radius 2 is 1.68 bits per heavy atom. The van der Waals surface area contributed by atoms with E-state index in [0.717, 1.165) is 19.1 Å². The summed E-state index contributed by atoms with van der Waals surface area (Å²) in [5.74, 6) is -0.0136. The lowest BCUT2D eigenvalue weighted by Crippen LogP contribution is -2.37. The molecule has 2 aromatic carbocycles. The van der Waals surface area contributed by atoms with Gasteiger partial charge in [0.15, 0.2) is 9.84 Å². The van der Waals surface area contributed by atoms with Crippen molar-refractivity contribution in [3.05, 3.63) is 54.1 Å². The second kappa shape index (κ2) is 9.28. The molecule has 12 heteroatoms. The van der Waals surface area contributed by atoms with Crippen molar-refractivity contribution in [2.45, 2.75) is 29.6 Å². The molecule has 10 nitrogen and oxygen atoms in total. The van der Waals surface area contributed by atoms with Crippen LogP contribution in [0.3, 0.4) is 0 Å². The molecule has 0 radical (unpaired) electrons. The average Bonchev–Trinajstić information content (AvgIpc) is 3.27. The molecule has 34 heavy (non-hydrogen) atoms. The summed E-state index contributed by atoms with van der Waals surface area (Å²) in [7, 11) is -7.02. The Morgan fingerprint density at radius 3 is 2.32 bits per heavy atom. The average molecular weight is 505 g/mol. The van der Waals surface area contributed by atoms with E-state index < -0.39 is 25.8 Å². The van der Waals surface area contributed by atoms with Gasteiger partial charge in [-0.25, -0.2) is 16.8 Å². The zero-order valence-corrected chi connectivity index (χ0v) is 20.3. The van der Waals surface area contributed by atoms with E-state index in [-0.39, 0.29) is 27.3 Å². The maximum atomic E-state index is 12.8. The summed E-state index contributed by atoms with van der Waals surface area (Å²) in [6.07, 6.45) is 2.74. The fourth-order valence-electron chi connectivity index (χ4n) is 3.57. The molecule has 0 unspecified atom stereocenters. The van der Waals surface area contributed by atoms with Crippen molar-refractivity contribution < 1.29 is 26.0 Å². The quantitative estimate of drug-likeness (QED) is 0.540. The zero-order valence-electron chi connectivity index (χ0n) is 18.6. The van der Waals surface area contributed by atoms with Crippen molar-refractivity contribution >= 4 is 31.8 Å². The standard InChI is InChI=1S/C22H24N4O6S2/c1-15-10-12-26(13-11-15)34(30,31)18-8-6-16(7-9-18)20(27)23-22-25-24-21(32-22)17-4-3-5-19(14-17)33(2,28)29/h3-9,14-15H,10-13H2,1-2H3,(H,23,25,27). The summed E-state index contributed by atoms with van der Waals surface area (Å²) in [5.41, 5.74) is 0.600. The van der Waals surface area contributed by atoms with Crippen molar-refractivity contribution in [3.63, 3.8) is 0 Å². The molecule has 0 aliphatic carbocycles. The topological polar surface area (TPSA) is 140 Å². The molecule has 180 valence electrons. The number of anilines is 1. The third kappa shape index (κ3) is 5.18. The van der Waals surface area contributed by atoms with Crippen LogP contribution in [0.25, 0.3) is 11.5 Å². The molecule has 1 fully saturated rings. The first-order chi connectivity index (χ1) is 16.0. The van der Waals surface area contributed by atoms with Crippen LogP contribution in [0.15, 0.2) is 62.7 Å². The molecule has 2 heterocycles. The van der Waals surface area contributed by atoms with E-state index in [9.17, 15) is 21.6 Å². The van der Waals surface area contributed by atoms with Crippen molar-refractivity contribution in [2.75, 3.05) is 24.7 Å². The van der Waals surface area contributed by atoms with Gasteiger partial charge in [0.1, 0.15) is 0 Å². The molecule has 0 saturated carbocycles. The molecule has 1 aliphatic heterocycles. The number of nitrogens with one attached hydrogen (secondary N) is 1. The van der Waals surface area contributed by atoms with E-state index in [1.165, 1.54) is 40.7 Å². The van der Waals surface area contributed by atoms with Gasteiger partial charge in [0.05, 0.1) is 9.79 Å². The van der Waals surface area contributed by atoms with E-state index in [1.54, 1.807) is 12.1 Å². The van der Waals surface area contributed by atoms with Crippen LogP contribution < -0.4 is 5.32 Å². The number of piperidine rings is 1. The number of nitrogens with zero attached hydrogens (tertiary/aromatic N) is 3. The highest BCUT2D eigenvalue weighted by Crippen LogP contribution is 2.25. The summed E-state index contributed by atoms with van der Waals surface area (Å²) >= 11 is 0. The van der Waals surface area contributed by atoms with Crippen LogP contribution in [-0.2, 0) is 19.9 Å². The van der Waals surface area contributed by atoms with Crippen LogP contribution in [0.2, 0.25) is 0 Å². The zero-order chi connectivity index (χ0) is 24.5. The molecule has 0 atom stereocenters. The second-order valence-electron chi connectivity index (χ2n) is 8.28. The number of hydrogen-bond acceptors (Lipinski definition) is 8.